The zero-order valence-corrected chi connectivity index (χ0v) is 6.47. The molecule has 0 aliphatic carbocycles. The molecule has 0 N–H and O–H groups in total. The van der Waals surface area contributed by atoms with Crippen LogP contribution >= 0.6 is 0 Å². The van der Waals surface area contributed by atoms with Crippen LogP contribution in [0, 0.1) is 6.57 Å². The Morgan fingerprint density at radius 1 is 1.70 bits per heavy atom. The Balaban J connectivity index is 3.89. The van der Waals surface area contributed by atoms with Crippen LogP contribution in [-0.2, 0) is 9.53 Å². The van der Waals surface area contributed by atoms with Gasteiger partial charge in [-0.1, -0.05) is 0 Å². The number of esters is 1. The summed E-state index contributed by atoms with van der Waals surface area (Å²) in [5.74, 6) is -0.339. The minimum atomic E-state index is -0.631. The predicted molar refractivity (Wildman–Crippen MR) is 37.3 cm³/mol. The van der Waals surface area contributed by atoms with Crippen molar-refractivity contribution >= 4 is 5.97 Å². The van der Waals surface area contributed by atoms with E-state index in [1.165, 1.54) is 6.92 Å². The molecule has 0 heterocycles. The minimum absolute atomic E-state index is 0.215. The highest BCUT2D eigenvalue weighted by atomic mass is 16.6. The highest BCUT2D eigenvalue weighted by Crippen LogP contribution is 2.08. The van der Waals surface area contributed by atoms with Gasteiger partial charge in [0.1, 0.15) is 0 Å². The van der Waals surface area contributed by atoms with E-state index in [4.69, 9.17) is 11.3 Å². The smallest absolute Gasteiger partial charge is 0.303 e. The molecule has 0 aromatic rings. The number of hydrogen-bond donors (Lipinski definition) is 0. The zero-order valence-electron chi connectivity index (χ0n) is 6.47. The van der Waals surface area contributed by atoms with Gasteiger partial charge in [0.05, 0.1) is 0 Å². The van der Waals surface area contributed by atoms with E-state index in [1.54, 1.807) is 13.8 Å². The van der Waals surface area contributed by atoms with E-state index in [0.29, 0.717) is 0 Å². The van der Waals surface area contributed by atoms with Crippen molar-refractivity contribution in [1.82, 2.24) is 0 Å². The highest BCUT2D eigenvalue weighted by molar-refractivity contribution is 5.66. The number of carbonyl (C=O) groups excluding carboxylic acids is 1. The van der Waals surface area contributed by atoms with Crippen LogP contribution in [0.15, 0.2) is 0 Å². The topological polar surface area (TPSA) is 30.7 Å². The summed E-state index contributed by atoms with van der Waals surface area (Å²) in [4.78, 5) is 13.5. The average Bonchev–Trinajstić information content (AvgIpc) is 1.59. The molecule has 10 heavy (non-hydrogen) atoms. The first kappa shape index (κ1) is 8.96. The van der Waals surface area contributed by atoms with Gasteiger partial charge in [0, 0.05) is 6.92 Å². The fourth-order valence-corrected chi connectivity index (χ4v) is 0.612. The number of rotatable bonds is 2. The molecule has 0 rings (SSSR count). The molecule has 0 saturated heterocycles. The van der Waals surface area contributed by atoms with E-state index < -0.39 is 5.60 Å². The second-order valence-corrected chi connectivity index (χ2v) is 2.67. The third-order valence-electron chi connectivity index (χ3n) is 0.880. The molecule has 56 valence electrons. The maximum Gasteiger partial charge on any atom is 0.303 e. The third-order valence-corrected chi connectivity index (χ3v) is 0.880. The van der Waals surface area contributed by atoms with E-state index in [0.717, 1.165) is 0 Å². The van der Waals surface area contributed by atoms with E-state index >= 15 is 0 Å². The monoisotopic (exact) mass is 141 g/mol. The lowest BCUT2D eigenvalue weighted by atomic mass is 10.1. The first-order valence-corrected chi connectivity index (χ1v) is 3.01. The van der Waals surface area contributed by atoms with Crippen LogP contribution in [-0.4, -0.2) is 18.1 Å². The molecule has 0 bridgehead atoms. The van der Waals surface area contributed by atoms with Crippen LogP contribution < -0.4 is 0 Å². The average molecular weight is 141 g/mol. The molecule has 0 unspecified atom stereocenters. The van der Waals surface area contributed by atoms with Crippen molar-refractivity contribution in [3.8, 4) is 0 Å². The van der Waals surface area contributed by atoms with Crippen molar-refractivity contribution in [2.24, 2.45) is 0 Å². The van der Waals surface area contributed by atoms with E-state index in [-0.39, 0.29) is 12.5 Å². The van der Waals surface area contributed by atoms with Gasteiger partial charge in [0.25, 0.3) is 6.54 Å². The number of carbonyl (C=O) groups is 1. The molecular weight excluding hydrogens is 130 g/mol. The Hall–Kier alpha value is -1.04. The van der Waals surface area contributed by atoms with Gasteiger partial charge in [-0.2, -0.15) is 0 Å². The van der Waals surface area contributed by atoms with E-state index in [2.05, 4.69) is 4.85 Å². The maximum atomic E-state index is 10.4. The number of hydrogen-bond acceptors (Lipinski definition) is 2. The van der Waals surface area contributed by atoms with Gasteiger partial charge in [-0.3, -0.25) is 4.79 Å². The van der Waals surface area contributed by atoms with Gasteiger partial charge >= 0.3 is 5.97 Å². The van der Waals surface area contributed by atoms with Crippen LogP contribution in [0.4, 0.5) is 0 Å². The van der Waals surface area contributed by atoms with Gasteiger partial charge in [0.15, 0.2) is 5.60 Å². The molecular formula is C7H11NO2. The van der Waals surface area contributed by atoms with E-state index in [1.807, 2.05) is 0 Å². The molecule has 0 saturated carbocycles. The Labute approximate surface area is 60.8 Å². The van der Waals surface area contributed by atoms with Crippen molar-refractivity contribution in [2.45, 2.75) is 26.4 Å². The van der Waals surface area contributed by atoms with Crippen LogP contribution in [0.2, 0.25) is 0 Å². The second-order valence-electron chi connectivity index (χ2n) is 2.67. The van der Waals surface area contributed by atoms with Gasteiger partial charge in [-0.15, -0.1) is 0 Å². The molecule has 0 aliphatic rings. The fourth-order valence-electron chi connectivity index (χ4n) is 0.612. The lowest BCUT2D eigenvalue weighted by Crippen LogP contribution is -2.29. The summed E-state index contributed by atoms with van der Waals surface area (Å²) in [6.07, 6.45) is 0. The molecule has 0 radical (unpaired) electrons. The first-order valence-electron chi connectivity index (χ1n) is 3.01. The summed E-state index contributed by atoms with van der Waals surface area (Å²) in [6, 6.07) is 0. The lowest BCUT2D eigenvalue weighted by Gasteiger charge is -2.17. The van der Waals surface area contributed by atoms with Gasteiger partial charge in [-0.25, -0.2) is 6.57 Å². The molecule has 0 amide bonds. The van der Waals surface area contributed by atoms with Crippen LogP contribution in [0.25, 0.3) is 4.85 Å². The largest absolute Gasteiger partial charge is 0.452 e. The first-order chi connectivity index (χ1) is 4.48. The SMILES string of the molecule is [C-]#[N+]CC(C)(C)OC(C)=O. The van der Waals surface area contributed by atoms with Gasteiger partial charge < -0.3 is 9.58 Å². The van der Waals surface area contributed by atoms with Gasteiger partial charge in [-0.05, 0) is 13.8 Å². The molecule has 0 aromatic heterocycles. The summed E-state index contributed by atoms with van der Waals surface area (Å²) in [6.45, 7) is 11.5. The molecule has 0 aliphatic heterocycles. The molecule has 0 aromatic carbocycles. The molecule has 0 fully saturated rings. The van der Waals surface area contributed by atoms with E-state index in [9.17, 15) is 4.79 Å². The Morgan fingerprint density at radius 2 is 2.20 bits per heavy atom. The Bertz CT molecular complexity index is 167. The fraction of sp³-hybridized carbons (Fsp3) is 0.714. The van der Waals surface area contributed by atoms with Crippen LogP contribution in [0.3, 0.4) is 0 Å². The normalized spacial score (nSPS) is 10.2. The second kappa shape index (κ2) is 3.21. The summed E-state index contributed by atoms with van der Waals surface area (Å²) in [5.41, 5.74) is -0.631. The van der Waals surface area contributed by atoms with Crippen molar-refractivity contribution in [2.75, 3.05) is 6.54 Å². The Kier molecular flexibility index (Phi) is 2.88. The summed E-state index contributed by atoms with van der Waals surface area (Å²) in [7, 11) is 0. The summed E-state index contributed by atoms with van der Waals surface area (Å²) >= 11 is 0. The predicted octanol–water partition coefficient (Wildman–Crippen LogP) is 1.25. The zero-order chi connectivity index (χ0) is 8.20. The number of nitrogens with zero attached hydrogens (tertiary/aromatic N) is 1. The standard InChI is InChI=1S/C7H11NO2/c1-6(9)10-7(2,3)5-8-4/h5H2,1-3H3. The minimum Gasteiger partial charge on any atom is -0.452 e. The van der Waals surface area contributed by atoms with Crippen LogP contribution in [0.1, 0.15) is 20.8 Å². The van der Waals surface area contributed by atoms with Gasteiger partial charge in [0.2, 0.25) is 0 Å². The van der Waals surface area contributed by atoms with Crippen molar-refractivity contribution in [3.05, 3.63) is 11.4 Å². The Morgan fingerprint density at radius 3 is 2.50 bits per heavy atom. The summed E-state index contributed by atoms with van der Waals surface area (Å²) < 4.78 is 4.83. The summed E-state index contributed by atoms with van der Waals surface area (Å²) in [5, 5.41) is 0. The number of ether oxygens (including phenoxy) is 1. The molecule has 3 heteroatoms. The lowest BCUT2D eigenvalue weighted by molar-refractivity contribution is -0.152. The molecule has 3 nitrogen and oxygen atoms in total. The van der Waals surface area contributed by atoms with Crippen molar-refractivity contribution in [1.29, 1.82) is 0 Å². The highest BCUT2D eigenvalue weighted by Gasteiger charge is 2.24. The third kappa shape index (κ3) is 3.90. The molecule has 0 atom stereocenters. The molecule has 0 spiro atoms. The van der Waals surface area contributed by atoms with Crippen molar-refractivity contribution < 1.29 is 9.53 Å². The van der Waals surface area contributed by atoms with Crippen LogP contribution in [0.5, 0.6) is 0 Å². The quantitative estimate of drug-likeness (QED) is 0.428. The van der Waals surface area contributed by atoms with Crippen molar-refractivity contribution in [3.63, 3.8) is 0 Å². The maximum absolute atomic E-state index is 10.4.